The Kier molecular flexibility index (Phi) is 3.94. The third-order valence-corrected chi connectivity index (χ3v) is 3.65. The molecule has 2 amide bonds. The number of fused-ring (bicyclic) bond motifs is 1. The third-order valence-electron chi connectivity index (χ3n) is 3.65. The molecule has 1 fully saturated rings. The van der Waals surface area contributed by atoms with E-state index in [1.807, 2.05) is 24.3 Å². The molecule has 6 nitrogen and oxygen atoms in total. The number of hydrogen-bond donors (Lipinski definition) is 1. The van der Waals surface area contributed by atoms with Crippen LogP contribution >= 0.6 is 0 Å². The lowest BCUT2D eigenvalue weighted by Gasteiger charge is -2.26. The number of benzene rings is 1. The molecule has 0 saturated carbocycles. The van der Waals surface area contributed by atoms with Crippen molar-refractivity contribution in [2.45, 2.75) is 18.9 Å². The molecular weight excluding hydrogens is 272 g/mol. The molecule has 0 aliphatic carbocycles. The second-order valence-electron chi connectivity index (χ2n) is 5.21. The van der Waals surface area contributed by atoms with Gasteiger partial charge in [0.15, 0.2) is 11.5 Å². The maximum Gasteiger partial charge on any atom is 0.311 e. The fourth-order valence-corrected chi connectivity index (χ4v) is 2.51. The summed E-state index contributed by atoms with van der Waals surface area (Å²) >= 11 is 0. The lowest BCUT2D eigenvalue weighted by molar-refractivity contribution is -0.145. The molecule has 1 aromatic carbocycles. The maximum atomic E-state index is 11.9. The van der Waals surface area contributed by atoms with Gasteiger partial charge < -0.3 is 19.7 Å². The van der Waals surface area contributed by atoms with Crippen molar-refractivity contribution in [2.75, 3.05) is 26.2 Å². The van der Waals surface area contributed by atoms with Gasteiger partial charge in [-0.3, -0.25) is 9.59 Å². The van der Waals surface area contributed by atoms with Gasteiger partial charge in [0.25, 0.3) is 0 Å². The highest BCUT2D eigenvalue weighted by atomic mass is 16.6. The first-order valence-corrected chi connectivity index (χ1v) is 7.19. The smallest absolute Gasteiger partial charge is 0.311 e. The van der Waals surface area contributed by atoms with Gasteiger partial charge in [-0.25, -0.2) is 0 Å². The van der Waals surface area contributed by atoms with E-state index in [-0.39, 0.29) is 12.6 Å². The van der Waals surface area contributed by atoms with Crippen molar-refractivity contribution >= 4 is 11.8 Å². The molecule has 1 unspecified atom stereocenters. The van der Waals surface area contributed by atoms with Gasteiger partial charge in [-0.05, 0) is 25.0 Å². The van der Waals surface area contributed by atoms with Crippen molar-refractivity contribution in [1.82, 2.24) is 10.2 Å². The molecule has 1 saturated heterocycles. The zero-order chi connectivity index (χ0) is 14.7. The molecule has 6 heteroatoms. The molecule has 1 atom stereocenters. The first-order chi connectivity index (χ1) is 10.2. The van der Waals surface area contributed by atoms with Gasteiger partial charge in [0.1, 0.15) is 12.7 Å². The van der Waals surface area contributed by atoms with Gasteiger partial charge in [0.2, 0.25) is 0 Å². The Morgan fingerprint density at radius 1 is 1.19 bits per heavy atom. The van der Waals surface area contributed by atoms with Crippen LogP contribution in [0.15, 0.2) is 24.3 Å². The molecule has 0 spiro atoms. The highest BCUT2D eigenvalue weighted by Crippen LogP contribution is 2.30. The average molecular weight is 290 g/mol. The minimum Gasteiger partial charge on any atom is -0.486 e. The van der Waals surface area contributed by atoms with Gasteiger partial charge in [0.05, 0.1) is 6.54 Å². The summed E-state index contributed by atoms with van der Waals surface area (Å²) in [7, 11) is 0. The van der Waals surface area contributed by atoms with Crippen molar-refractivity contribution in [1.29, 1.82) is 0 Å². The van der Waals surface area contributed by atoms with E-state index in [9.17, 15) is 9.59 Å². The molecule has 0 bridgehead atoms. The molecule has 1 aromatic rings. The van der Waals surface area contributed by atoms with Crippen molar-refractivity contribution in [2.24, 2.45) is 0 Å². The summed E-state index contributed by atoms with van der Waals surface area (Å²) in [6.07, 6.45) is 1.65. The summed E-state index contributed by atoms with van der Waals surface area (Å²) in [6, 6.07) is 7.39. The molecule has 2 aliphatic heterocycles. The molecule has 0 radical (unpaired) electrons. The van der Waals surface area contributed by atoms with E-state index >= 15 is 0 Å². The molecular formula is C15H18N2O4. The summed E-state index contributed by atoms with van der Waals surface area (Å²) in [5, 5.41) is 2.62. The van der Waals surface area contributed by atoms with Crippen LogP contribution in [0.1, 0.15) is 12.8 Å². The number of nitrogens with one attached hydrogen (secondary N) is 1. The number of ether oxygens (including phenoxy) is 2. The average Bonchev–Trinajstić information content (AvgIpc) is 3.06. The van der Waals surface area contributed by atoms with Crippen molar-refractivity contribution < 1.29 is 19.1 Å². The van der Waals surface area contributed by atoms with E-state index in [2.05, 4.69) is 5.32 Å². The number of carbonyl (C=O) groups is 2. The number of amides is 2. The van der Waals surface area contributed by atoms with Crippen LogP contribution in [0.5, 0.6) is 11.5 Å². The van der Waals surface area contributed by atoms with Crippen LogP contribution in [0.25, 0.3) is 0 Å². The highest BCUT2D eigenvalue weighted by molar-refractivity contribution is 6.35. The Bertz CT molecular complexity index is 540. The standard InChI is InChI=1S/C15H18N2O4/c18-14(15(19)17-7-3-4-8-17)16-9-11-10-20-12-5-1-2-6-13(12)21-11/h1-2,5-6,11H,3-4,7-10H2,(H,16,18). The Morgan fingerprint density at radius 3 is 2.67 bits per heavy atom. The first kappa shape index (κ1) is 13.7. The number of para-hydroxylation sites is 2. The van der Waals surface area contributed by atoms with Gasteiger partial charge in [-0.2, -0.15) is 0 Å². The molecule has 21 heavy (non-hydrogen) atoms. The number of hydrogen-bond acceptors (Lipinski definition) is 4. The highest BCUT2D eigenvalue weighted by Gasteiger charge is 2.26. The van der Waals surface area contributed by atoms with E-state index in [1.54, 1.807) is 4.90 Å². The molecule has 112 valence electrons. The third kappa shape index (κ3) is 3.09. The van der Waals surface area contributed by atoms with E-state index < -0.39 is 11.8 Å². The quantitative estimate of drug-likeness (QED) is 0.808. The number of carbonyl (C=O) groups excluding carboxylic acids is 2. The molecule has 0 aromatic heterocycles. The fourth-order valence-electron chi connectivity index (χ4n) is 2.51. The number of rotatable bonds is 2. The lowest BCUT2D eigenvalue weighted by atomic mass is 10.2. The molecule has 3 rings (SSSR count). The van der Waals surface area contributed by atoms with E-state index in [4.69, 9.17) is 9.47 Å². The van der Waals surface area contributed by atoms with Crippen LogP contribution in [-0.4, -0.2) is 49.1 Å². The summed E-state index contributed by atoms with van der Waals surface area (Å²) in [4.78, 5) is 25.3. The Morgan fingerprint density at radius 2 is 1.90 bits per heavy atom. The SMILES string of the molecule is O=C(NCC1COc2ccccc2O1)C(=O)N1CCCC1. The van der Waals surface area contributed by atoms with Crippen LogP contribution in [-0.2, 0) is 9.59 Å². The van der Waals surface area contributed by atoms with E-state index in [0.717, 1.165) is 12.8 Å². The summed E-state index contributed by atoms with van der Waals surface area (Å²) in [5.41, 5.74) is 0. The van der Waals surface area contributed by atoms with Gasteiger partial charge in [-0.1, -0.05) is 12.1 Å². The first-order valence-electron chi connectivity index (χ1n) is 7.19. The maximum absolute atomic E-state index is 11.9. The van der Waals surface area contributed by atoms with Crippen LogP contribution in [0.4, 0.5) is 0 Å². The van der Waals surface area contributed by atoms with Crippen LogP contribution in [0.2, 0.25) is 0 Å². The van der Waals surface area contributed by atoms with Crippen molar-refractivity contribution in [3.05, 3.63) is 24.3 Å². The summed E-state index contributed by atoms with van der Waals surface area (Å²) in [6.45, 7) is 1.95. The lowest BCUT2D eigenvalue weighted by Crippen LogP contribution is -2.46. The zero-order valence-corrected chi connectivity index (χ0v) is 11.7. The van der Waals surface area contributed by atoms with Crippen LogP contribution in [0.3, 0.4) is 0 Å². The van der Waals surface area contributed by atoms with Crippen molar-refractivity contribution in [3.8, 4) is 11.5 Å². The fraction of sp³-hybridized carbons (Fsp3) is 0.467. The van der Waals surface area contributed by atoms with Gasteiger partial charge in [0, 0.05) is 13.1 Å². The van der Waals surface area contributed by atoms with Crippen molar-refractivity contribution in [3.63, 3.8) is 0 Å². The topological polar surface area (TPSA) is 67.9 Å². The minimum absolute atomic E-state index is 0.257. The van der Waals surface area contributed by atoms with Gasteiger partial charge in [-0.15, -0.1) is 0 Å². The summed E-state index contributed by atoms with van der Waals surface area (Å²) in [5.74, 6) is 0.339. The number of nitrogens with zero attached hydrogens (tertiary/aromatic N) is 1. The second-order valence-corrected chi connectivity index (χ2v) is 5.21. The molecule has 2 aliphatic rings. The minimum atomic E-state index is -0.570. The van der Waals surface area contributed by atoms with E-state index in [0.29, 0.717) is 31.2 Å². The largest absolute Gasteiger partial charge is 0.486 e. The predicted octanol–water partition coefficient (Wildman–Crippen LogP) is 0.565. The van der Waals surface area contributed by atoms with Crippen LogP contribution < -0.4 is 14.8 Å². The normalized spacial score (nSPS) is 20.2. The monoisotopic (exact) mass is 290 g/mol. The molecule has 1 N–H and O–H groups in total. The predicted molar refractivity (Wildman–Crippen MR) is 75.2 cm³/mol. The zero-order valence-electron chi connectivity index (χ0n) is 11.7. The van der Waals surface area contributed by atoms with Gasteiger partial charge >= 0.3 is 11.8 Å². The molecule has 2 heterocycles. The van der Waals surface area contributed by atoms with E-state index in [1.165, 1.54) is 0 Å². The Labute approximate surface area is 123 Å². The summed E-state index contributed by atoms with van der Waals surface area (Å²) < 4.78 is 11.3. The Balaban J connectivity index is 1.49. The second kappa shape index (κ2) is 6.03. The number of likely N-dealkylation sites (tertiary alicyclic amines) is 1. The van der Waals surface area contributed by atoms with Crippen LogP contribution in [0, 0.1) is 0 Å². The Hall–Kier alpha value is -2.24.